The van der Waals surface area contributed by atoms with E-state index in [0.29, 0.717) is 18.3 Å². The largest absolute Gasteiger partial charge is 0.396 e. The fraction of sp³-hybridized carbons (Fsp3) is 0.938. The van der Waals surface area contributed by atoms with E-state index >= 15 is 0 Å². The Hall–Kier alpha value is -0.610. The van der Waals surface area contributed by atoms with Crippen LogP contribution in [0.2, 0.25) is 0 Å². The van der Waals surface area contributed by atoms with Gasteiger partial charge in [-0.25, -0.2) is 0 Å². The van der Waals surface area contributed by atoms with Crippen LogP contribution in [0.3, 0.4) is 0 Å². The third-order valence-corrected chi connectivity index (χ3v) is 5.14. The number of piperidine rings is 1. The summed E-state index contributed by atoms with van der Waals surface area (Å²) in [5.74, 6) is 1.52. The summed E-state index contributed by atoms with van der Waals surface area (Å²) in [6, 6.07) is 0.193. The lowest BCUT2D eigenvalue weighted by Crippen LogP contribution is -2.44. The van der Waals surface area contributed by atoms with E-state index in [9.17, 15) is 9.90 Å². The molecule has 1 saturated heterocycles. The first-order chi connectivity index (χ1) is 9.70. The van der Waals surface area contributed by atoms with Crippen molar-refractivity contribution in [2.75, 3.05) is 19.7 Å². The molecule has 1 saturated carbocycles. The number of amides is 1. The minimum atomic E-state index is 0.174. The number of aliphatic hydroxyl groups excluding tert-OH is 1. The van der Waals surface area contributed by atoms with Crippen molar-refractivity contribution in [1.82, 2.24) is 10.6 Å². The van der Waals surface area contributed by atoms with Crippen LogP contribution < -0.4 is 10.6 Å². The van der Waals surface area contributed by atoms with Gasteiger partial charge in [-0.05, 0) is 50.6 Å². The Balaban J connectivity index is 1.75. The second-order valence-electron chi connectivity index (χ2n) is 6.69. The van der Waals surface area contributed by atoms with Gasteiger partial charge in [0.2, 0.25) is 5.91 Å². The molecule has 0 spiro atoms. The number of nitrogens with one attached hydrogen (secondary N) is 2. The molecule has 3 N–H and O–H groups in total. The molecule has 0 bridgehead atoms. The predicted octanol–water partition coefficient (Wildman–Crippen LogP) is 1.68. The van der Waals surface area contributed by atoms with Gasteiger partial charge in [0.15, 0.2) is 0 Å². The van der Waals surface area contributed by atoms with Crippen LogP contribution in [0.5, 0.6) is 0 Å². The van der Waals surface area contributed by atoms with Gasteiger partial charge in [0, 0.05) is 25.0 Å². The summed E-state index contributed by atoms with van der Waals surface area (Å²) in [7, 11) is 0. The minimum Gasteiger partial charge on any atom is -0.396 e. The Morgan fingerprint density at radius 1 is 1.30 bits per heavy atom. The molecule has 4 atom stereocenters. The van der Waals surface area contributed by atoms with Crippen molar-refractivity contribution < 1.29 is 9.90 Å². The number of hydrogen-bond acceptors (Lipinski definition) is 3. The zero-order valence-electron chi connectivity index (χ0n) is 12.7. The summed E-state index contributed by atoms with van der Waals surface area (Å²) < 4.78 is 0. The normalized spacial score (nSPS) is 32.6. The number of rotatable bonds is 5. The molecule has 1 aliphatic carbocycles. The summed E-state index contributed by atoms with van der Waals surface area (Å²) in [4.78, 5) is 12.2. The molecule has 116 valence electrons. The van der Waals surface area contributed by atoms with Crippen LogP contribution in [-0.4, -0.2) is 36.8 Å². The Bertz CT molecular complexity index is 303. The van der Waals surface area contributed by atoms with Crippen LogP contribution in [0.15, 0.2) is 0 Å². The average Bonchev–Trinajstić information content (AvgIpc) is 2.48. The lowest BCUT2D eigenvalue weighted by Gasteiger charge is -2.32. The smallest absolute Gasteiger partial charge is 0.220 e. The van der Waals surface area contributed by atoms with Crippen molar-refractivity contribution in [2.45, 2.75) is 57.9 Å². The van der Waals surface area contributed by atoms with Gasteiger partial charge in [-0.2, -0.15) is 0 Å². The first kappa shape index (κ1) is 15.8. The Kier molecular flexibility index (Phi) is 6.30. The summed E-state index contributed by atoms with van der Waals surface area (Å²) in [5.41, 5.74) is 0. The van der Waals surface area contributed by atoms with E-state index < -0.39 is 0 Å². The van der Waals surface area contributed by atoms with Crippen molar-refractivity contribution in [1.29, 1.82) is 0 Å². The first-order valence-electron chi connectivity index (χ1n) is 8.31. The lowest BCUT2D eigenvalue weighted by atomic mass is 9.83. The Morgan fingerprint density at radius 3 is 2.80 bits per heavy atom. The maximum atomic E-state index is 12.2. The molecule has 20 heavy (non-hydrogen) atoms. The van der Waals surface area contributed by atoms with Crippen LogP contribution in [-0.2, 0) is 4.79 Å². The van der Waals surface area contributed by atoms with Gasteiger partial charge in [-0.3, -0.25) is 4.79 Å². The third kappa shape index (κ3) is 4.45. The fourth-order valence-electron chi connectivity index (χ4n) is 3.71. The predicted molar refractivity (Wildman–Crippen MR) is 80.3 cm³/mol. The highest BCUT2D eigenvalue weighted by atomic mass is 16.3. The van der Waals surface area contributed by atoms with E-state index in [0.717, 1.165) is 25.9 Å². The molecule has 0 radical (unpaired) electrons. The molecule has 2 fully saturated rings. The molecule has 2 rings (SSSR count). The maximum absolute atomic E-state index is 12.2. The quantitative estimate of drug-likeness (QED) is 0.719. The summed E-state index contributed by atoms with van der Waals surface area (Å²) in [6.07, 6.45) is 7.52. The molecule has 1 amide bonds. The van der Waals surface area contributed by atoms with Gasteiger partial charge in [-0.1, -0.05) is 19.8 Å². The van der Waals surface area contributed by atoms with Crippen LogP contribution in [0.1, 0.15) is 51.9 Å². The molecule has 0 aromatic rings. The molecule has 4 nitrogen and oxygen atoms in total. The van der Waals surface area contributed by atoms with Gasteiger partial charge >= 0.3 is 0 Å². The van der Waals surface area contributed by atoms with E-state index in [-0.39, 0.29) is 24.5 Å². The van der Waals surface area contributed by atoms with Crippen molar-refractivity contribution in [3.63, 3.8) is 0 Å². The molecule has 1 aliphatic heterocycles. The van der Waals surface area contributed by atoms with E-state index in [2.05, 4.69) is 17.6 Å². The second kappa shape index (κ2) is 7.99. The van der Waals surface area contributed by atoms with Crippen LogP contribution in [0, 0.1) is 17.8 Å². The molecule has 0 aromatic carbocycles. The van der Waals surface area contributed by atoms with Crippen LogP contribution in [0.25, 0.3) is 0 Å². The topological polar surface area (TPSA) is 61.4 Å². The zero-order valence-corrected chi connectivity index (χ0v) is 12.7. The Labute approximate surface area is 122 Å². The average molecular weight is 282 g/mol. The van der Waals surface area contributed by atoms with Gasteiger partial charge < -0.3 is 15.7 Å². The molecule has 0 aromatic heterocycles. The lowest BCUT2D eigenvalue weighted by molar-refractivity contribution is -0.123. The monoisotopic (exact) mass is 282 g/mol. The molecule has 1 heterocycles. The second-order valence-corrected chi connectivity index (χ2v) is 6.69. The SMILES string of the molecule is CC(CC(=O)NC1CCCCC1CO)C1CCCNC1. The molecule has 2 aliphatic rings. The number of carbonyl (C=O) groups is 1. The minimum absolute atomic E-state index is 0.174. The van der Waals surface area contributed by atoms with E-state index in [1.807, 2.05) is 0 Å². The summed E-state index contributed by atoms with van der Waals surface area (Å²) >= 11 is 0. The number of hydrogen-bond donors (Lipinski definition) is 3. The van der Waals surface area contributed by atoms with Crippen LogP contribution >= 0.6 is 0 Å². The molecule has 4 heteroatoms. The third-order valence-electron chi connectivity index (χ3n) is 5.14. The highest BCUT2D eigenvalue weighted by Gasteiger charge is 2.27. The molecular formula is C16H30N2O2. The van der Waals surface area contributed by atoms with Crippen molar-refractivity contribution in [2.24, 2.45) is 17.8 Å². The van der Waals surface area contributed by atoms with Crippen molar-refractivity contribution >= 4 is 5.91 Å². The summed E-state index contributed by atoms with van der Waals surface area (Å²) in [6.45, 7) is 4.57. The van der Waals surface area contributed by atoms with E-state index in [1.54, 1.807) is 0 Å². The standard InChI is InChI=1S/C16H30N2O2/c1-12(13-6-4-8-17-10-13)9-16(20)18-15-7-3-2-5-14(15)11-19/h12-15,17,19H,2-11H2,1H3,(H,18,20). The van der Waals surface area contributed by atoms with Crippen molar-refractivity contribution in [3.8, 4) is 0 Å². The van der Waals surface area contributed by atoms with Gasteiger partial charge in [0.05, 0.1) is 0 Å². The zero-order chi connectivity index (χ0) is 14.4. The van der Waals surface area contributed by atoms with E-state index in [4.69, 9.17) is 0 Å². The summed E-state index contributed by atoms with van der Waals surface area (Å²) in [5, 5.41) is 16.0. The molecule has 4 unspecified atom stereocenters. The number of carbonyl (C=O) groups excluding carboxylic acids is 1. The highest BCUT2D eigenvalue weighted by Crippen LogP contribution is 2.25. The van der Waals surface area contributed by atoms with E-state index in [1.165, 1.54) is 25.7 Å². The highest BCUT2D eigenvalue weighted by molar-refractivity contribution is 5.76. The Morgan fingerprint density at radius 2 is 2.10 bits per heavy atom. The van der Waals surface area contributed by atoms with Crippen molar-refractivity contribution in [3.05, 3.63) is 0 Å². The molecular weight excluding hydrogens is 252 g/mol. The van der Waals surface area contributed by atoms with Crippen LogP contribution in [0.4, 0.5) is 0 Å². The van der Waals surface area contributed by atoms with Gasteiger partial charge in [0.1, 0.15) is 0 Å². The van der Waals surface area contributed by atoms with Gasteiger partial charge in [-0.15, -0.1) is 0 Å². The van der Waals surface area contributed by atoms with Gasteiger partial charge in [0.25, 0.3) is 0 Å². The fourth-order valence-corrected chi connectivity index (χ4v) is 3.71. The maximum Gasteiger partial charge on any atom is 0.220 e. The number of aliphatic hydroxyl groups is 1. The first-order valence-corrected chi connectivity index (χ1v) is 8.31.